The molecule has 1 saturated heterocycles. The molecule has 0 spiro atoms. The van der Waals surface area contributed by atoms with Gasteiger partial charge in [-0.2, -0.15) is 0 Å². The summed E-state index contributed by atoms with van der Waals surface area (Å²) in [5.74, 6) is 5.92. The van der Waals surface area contributed by atoms with E-state index in [4.69, 9.17) is 11.1 Å². The van der Waals surface area contributed by atoms with E-state index in [-0.39, 0.29) is 17.5 Å². The van der Waals surface area contributed by atoms with Gasteiger partial charge < -0.3 is 16.0 Å². The molecule has 2 aromatic carbocycles. The largest absolute Gasteiger partial charge is 0.384 e. The molecule has 1 fully saturated rings. The SMILES string of the molecule is CC(=O)C(C#Cc1ccc(C(=O)N2CCCC2)c(C)c1)Nc1cccc(C(=N)N)c1. The van der Waals surface area contributed by atoms with E-state index >= 15 is 0 Å². The van der Waals surface area contributed by atoms with Crippen LogP contribution in [0.5, 0.6) is 0 Å². The van der Waals surface area contributed by atoms with Gasteiger partial charge in [0, 0.05) is 35.5 Å². The van der Waals surface area contributed by atoms with E-state index in [1.54, 1.807) is 24.3 Å². The van der Waals surface area contributed by atoms with Crippen LogP contribution in [-0.4, -0.2) is 41.6 Å². The van der Waals surface area contributed by atoms with E-state index in [9.17, 15) is 9.59 Å². The van der Waals surface area contributed by atoms with Crippen LogP contribution in [0.25, 0.3) is 0 Å². The summed E-state index contributed by atoms with van der Waals surface area (Å²) in [5, 5.41) is 10.6. The number of ketones is 1. The maximum Gasteiger partial charge on any atom is 0.254 e. The number of amidine groups is 1. The molecule has 6 heteroatoms. The molecule has 1 heterocycles. The van der Waals surface area contributed by atoms with Crippen LogP contribution in [0.4, 0.5) is 5.69 Å². The third-order valence-electron chi connectivity index (χ3n) is 5.10. The number of benzene rings is 2. The number of nitrogens with one attached hydrogen (secondary N) is 2. The molecule has 4 N–H and O–H groups in total. The van der Waals surface area contributed by atoms with Crippen LogP contribution in [0.15, 0.2) is 42.5 Å². The van der Waals surface area contributed by atoms with Gasteiger partial charge in [-0.15, -0.1) is 0 Å². The first-order valence-corrected chi connectivity index (χ1v) is 9.98. The lowest BCUT2D eigenvalue weighted by Crippen LogP contribution is -2.28. The average molecular weight is 402 g/mol. The molecule has 0 radical (unpaired) electrons. The number of amides is 1. The van der Waals surface area contributed by atoms with E-state index in [1.165, 1.54) is 6.92 Å². The van der Waals surface area contributed by atoms with Crippen LogP contribution in [0.1, 0.15) is 46.8 Å². The molecule has 0 saturated carbocycles. The van der Waals surface area contributed by atoms with Gasteiger partial charge in [0.15, 0.2) is 5.78 Å². The van der Waals surface area contributed by atoms with Gasteiger partial charge in [-0.05, 0) is 62.6 Å². The highest BCUT2D eigenvalue weighted by Gasteiger charge is 2.20. The number of Topliss-reactive ketones (excluding diaryl/α,β-unsaturated/α-hetero) is 1. The maximum atomic E-state index is 12.6. The molecule has 1 aliphatic rings. The maximum absolute atomic E-state index is 12.6. The minimum Gasteiger partial charge on any atom is -0.384 e. The number of hydrogen-bond donors (Lipinski definition) is 3. The standard InChI is InChI=1S/C24H26N4O2/c1-16-14-18(8-10-21(16)24(30)28-12-3-4-13-28)9-11-22(17(2)29)27-20-7-5-6-19(15-20)23(25)26/h5-8,10,14-15,22,27H,3-4,12-13H2,1-2H3,(H3,25,26). The Bertz CT molecular complexity index is 1040. The van der Waals surface area contributed by atoms with Gasteiger partial charge in [0.25, 0.3) is 5.91 Å². The molecule has 6 nitrogen and oxygen atoms in total. The Hall–Kier alpha value is -3.59. The Balaban J connectivity index is 1.77. The van der Waals surface area contributed by atoms with Crippen molar-refractivity contribution in [2.45, 2.75) is 32.7 Å². The number of nitrogen functional groups attached to an aromatic ring is 1. The van der Waals surface area contributed by atoms with E-state index in [1.807, 2.05) is 30.0 Å². The summed E-state index contributed by atoms with van der Waals surface area (Å²) in [6.07, 6.45) is 2.12. The Morgan fingerprint density at radius 1 is 1.17 bits per heavy atom. The summed E-state index contributed by atoms with van der Waals surface area (Å²) in [5.41, 5.74) is 9.09. The van der Waals surface area contributed by atoms with Crippen molar-refractivity contribution in [2.75, 3.05) is 18.4 Å². The molecule has 1 aliphatic heterocycles. The van der Waals surface area contributed by atoms with Gasteiger partial charge in [0.05, 0.1) is 0 Å². The van der Waals surface area contributed by atoms with E-state index < -0.39 is 6.04 Å². The fourth-order valence-electron chi connectivity index (χ4n) is 3.41. The van der Waals surface area contributed by atoms with Gasteiger partial charge in [0.1, 0.15) is 11.9 Å². The molecule has 1 atom stereocenters. The third kappa shape index (κ3) is 5.06. The van der Waals surface area contributed by atoms with Gasteiger partial charge in [-0.25, -0.2) is 0 Å². The lowest BCUT2D eigenvalue weighted by atomic mass is 10.0. The van der Waals surface area contributed by atoms with Gasteiger partial charge in [0.2, 0.25) is 0 Å². The molecule has 154 valence electrons. The number of anilines is 1. The average Bonchev–Trinajstić information content (AvgIpc) is 3.25. The fraction of sp³-hybridized carbons (Fsp3) is 0.292. The molecular weight excluding hydrogens is 376 g/mol. The quantitative estimate of drug-likeness (QED) is 0.407. The first kappa shape index (κ1) is 21.1. The number of nitrogens with zero attached hydrogens (tertiary/aromatic N) is 1. The molecule has 2 aromatic rings. The Morgan fingerprint density at radius 3 is 2.53 bits per heavy atom. The van der Waals surface area contributed by atoms with Gasteiger partial charge >= 0.3 is 0 Å². The first-order valence-electron chi connectivity index (χ1n) is 9.98. The highest BCUT2D eigenvalue weighted by Crippen LogP contribution is 2.17. The predicted octanol–water partition coefficient (Wildman–Crippen LogP) is 2.94. The molecule has 1 unspecified atom stereocenters. The van der Waals surface area contributed by atoms with Crippen LogP contribution in [-0.2, 0) is 4.79 Å². The zero-order chi connectivity index (χ0) is 21.7. The number of aryl methyl sites for hydroxylation is 1. The number of hydrogen-bond acceptors (Lipinski definition) is 4. The first-order chi connectivity index (χ1) is 14.3. The van der Waals surface area contributed by atoms with E-state index in [0.29, 0.717) is 16.8 Å². The minimum absolute atomic E-state index is 0.0387. The van der Waals surface area contributed by atoms with Crippen molar-refractivity contribution in [3.63, 3.8) is 0 Å². The van der Waals surface area contributed by atoms with Crippen molar-refractivity contribution >= 4 is 23.2 Å². The lowest BCUT2D eigenvalue weighted by Gasteiger charge is -2.16. The van der Waals surface area contributed by atoms with Crippen molar-refractivity contribution in [3.05, 3.63) is 64.7 Å². The number of likely N-dealkylation sites (tertiary alicyclic amines) is 1. The zero-order valence-electron chi connectivity index (χ0n) is 17.3. The molecule has 1 amide bonds. The van der Waals surface area contributed by atoms with Crippen molar-refractivity contribution < 1.29 is 9.59 Å². The topological polar surface area (TPSA) is 99.3 Å². The zero-order valence-corrected chi connectivity index (χ0v) is 17.3. The van der Waals surface area contributed by atoms with E-state index in [0.717, 1.165) is 37.1 Å². The molecule has 0 bridgehead atoms. The summed E-state index contributed by atoms with van der Waals surface area (Å²) in [4.78, 5) is 26.6. The van der Waals surface area contributed by atoms with Crippen molar-refractivity contribution in [1.29, 1.82) is 5.41 Å². The van der Waals surface area contributed by atoms with Crippen LogP contribution in [0.3, 0.4) is 0 Å². The normalized spacial score (nSPS) is 13.9. The van der Waals surface area contributed by atoms with E-state index in [2.05, 4.69) is 17.2 Å². The van der Waals surface area contributed by atoms with Crippen LogP contribution >= 0.6 is 0 Å². The highest BCUT2D eigenvalue weighted by molar-refractivity contribution is 5.96. The monoisotopic (exact) mass is 402 g/mol. The van der Waals surface area contributed by atoms with Crippen molar-refractivity contribution in [1.82, 2.24) is 4.90 Å². The number of nitrogens with two attached hydrogens (primary N) is 1. The van der Waals surface area contributed by atoms with Gasteiger partial charge in [-0.3, -0.25) is 15.0 Å². The molecular formula is C24H26N4O2. The van der Waals surface area contributed by atoms with Crippen LogP contribution in [0, 0.1) is 24.2 Å². The Labute approximate surface area is 177 Å². The van der Waals surface area contributed by atoms with Crippen molar-refractivity contribution in [2.24, 2.45) is 5.73 Å². The molecule has 0 aliphatic carbocycles. The second-order valence-corrected chi connectivity index (χ2v) is 7.48. The Kier molecular flexibility index (Phi) is 6.53. The van der Waals surface area contributed by atoms with Crippen LogP contribution in [0.2, 0.25) is 0 Å². The molecule has 0 aromatic heterocycles. The second kappa shape index (κ2) is 9.27. The summed E-state index contributed by atoms with van der Waals surface area (Å²) < 4.78 is 0. The lowest BCUT2D eigenvalue weighted by molar-refractivity contribution is -0.116. The summed E-state index contributed by atoms with van der Waals surface area (Å²) in [6.45, 7) is 5.01. The minimum atomic E-state index is -0.696. The third-order valence-corrected chi connectivity index (χ3v) is 5.10. The predicted molar refractivity (Wildman–Crippen MR) is 119 cm³/mol. The highest BCUT2D eigenvalue weighted by atomic mass is 16.2. The number of rotatable bonds is 5. The second-order valence-electron chi connectivity index (χ2n) is 7.48. The Morgan fingerprint density at radius 2 is 1.90 bits per heavy atom. The fourth-order valence-corrected chi connectivity index (χ4v) is 3.41. The van der Waals surface area contributed by atoms with Gasteiger partial charge in [-0.1, -0.05) is 24.0 Å². The number of carbonyl (C=O) groups excluding carboxylic acids is 2. The summed E-state index contributed by atoms with van der Waals surface area (Å²) in [6, 6.07) is 11.8. The number of carbonyl (C=O) groups is 2. The summed E-state index contributed by atoms with van der Waals surface area (Å²) in [7, 11) is 0. The summed E-state index contributed by atoms with van der Waals surface area (Å²) >= 11 is 0. The van der Waals surface area contributed by atoms with Crippen LogP contribution < -0.4 is 11.1 Å². The molecule has 3 rings (SSSR count). The molecule has 30 heavy (non-hydrogen) atoms. The van der Waals surface area contributed by atoms with Crippen molar-refractivity contribution in [3.8, 4) is 11.8 Å². The smallest absolute Gasteiger partial charge is 0.254 e.